The molecule has 0 aliphatic carbocycles. The van der Waals surface area contributed by atoms with Crippen molar-refractivity contribution in [2.24, 2.45) is 0 Å². The number of hydrogen-bond acceptors (Lipinski definition) is 8. The summed E-state index contributed by atoms with van der Waals surface area (Å²) in [6.45, 7) is 1.77. The van der Waals surface area contributed by atoms with E-state index in [2.05, 4.69) is 21.9 Å². The highest BCUT2D eigenvalue weighted by atomic mass is 16.6. The summed E-state index contributed by atoms with van der Waals surface area (Å²) in [4.78, 5) is 36.2. The number of aromatic amines is 1. The van der Waals surface area contributed by atoms with Gasteiger partial charge in [0.05, 0.1) is 12.7 Å². The van der Waals surface area contributed by atoms with Gasteiger partial charge < -0.3 is 20.7 Å². The van der Waals surface area contributed by atoms with E-state index in [-0.39, 0.29) is 35.7 Å². The first-order chi connectivity index (χ1) is 15.4. The van der Waals surface area contributed by atoms with Gasteiger partial charge in [-0.1, -0.05) is 58.3 Å². The van der Waals surface area contributed by atoms with E-state index in [0.717, 1.165) is 19.3 Å². The molecule has 10 heteroatoms. The van der Waals surface area contributed by atoms with Crippen molar-refractivity contribution in [1.29, 1.82) is 0 Å². The Labute approximate surface area is 187 Å². The molecule has 0 amide bonds. The van der Waals surface area contributed by atoms with Crippen LogP contribution in [-0.2, 0) is 15.3 Å². The molecule has 0 radical (unpaired) electrons. The van der Waals surface area contributed by atoms with E-state index >= 15 is 0 Å². The summed E-state index contributed by atoms with van der Waals surface area (Å²) in [6.07, 6.45) is 9.67. The molecule has 0 aromatic carbocycles. The van der Waals surface area contributed by atoms with E-state index in [1.807, 2.05) is 0 Å². The van der Waals surface area contributed by atoms with Crippen LogP contribution in [0.1, 0.15) is 77.6 Å². The van der Waals surface area contributed by atoms with Crippen LogP contribution < -0.4 is 11.3 Å². The van der Waals surface area contributed by atoms with Gasteiger partial charge in [-0.2, -0.15) is 4.98 Å². The van der Waals surface area contributed by atoms with Gasteiger partial charge in [0.25, 0.3) is 5.56 Å². The summed E-state index contributed by atoms with van der Waals surface area (Å²) >= 11 is 0. The summed E-state index contributed by atoms with van der Waals surface area (Å²) in [5.74, 6) is -0.349. The van der Waals surface area contributed by atoms with Crippen molar-refractivity contribution in [3.63, 3.8) is 0 Å². The minimum absolute atomic E-state index is 0.0278. The number of nitrogens with zero attached hydrogens (tertiary/aromatic N) is 3. The third-order valence-electron chi connectivity index (χ3n) is 6.20. The number of aliphatic hydroxyl groups excluding tert-OH is 2. The molecule has 2 aromatic heterocycles. The number of hydrogen-bond donors (Lipinski definition) is 4. The predicted molar refractivity (Wildman–Crippen MR) is 120 cm³/mol. The van der Waals surface area contributed by atoms with Crippen LogP contribution in [0.25, 0.3) is 11.2 Å². The summed E-state index contributed by atoms with van der Waals surface area (Å²) in [5, 5.41) is 20.0. The average Bonchev–Trinajstić information content (AvgIpc) is 3.34. The van der Waals surface area contributed by atoms with E-state index < -0.39 is 30.1 Å². The Kier molecular flexibility index (Phi) is 8.38. The zero-order chi connectivity index (χ0) is 23.1. The summed E-state index contributed by atoms with van der Waals surface area (Å²) in [6, 6.07) is 0. The molecule has 178 valence electrons. The Bertz CT molecular complexity index is 958. The topological polar surface area (TPSA) is 156 Å². The van der Waals surface area contributed by atoms with Gasteiger partial charge in [0.1, 0.15) is 12.4 Å². The fraction of sp³-hybridized carbons (Fsp3) is 0.727. The number of nitrogens with two attached hydrogens (primary N) is 1. The Balaban J connectivity index is 1.71. The van der Waals surface area contributed by atoms with E-state index in [1.54, 1.807) is 0 Å². The number of aliphatic hydroxyl groups is 2. The van der Waals surface area contributed by atoms with Gasteiger partial charge in [-0.25, -0.2) is 4.98 Å². The number of ketones is 1. The van der Waals surface area contributed by atoms with E-state index in [9.17, 15) is 19.8 Å². The average molecular weight is 450 g/mol. The fourth-order valence-corrected chi connectivity index (χ4v) is 4.40. The normalized spacial score (nSPS) is 23.2. The molecular weight excluding hydrogens is 414 g/mol. The number of nitrogen functional groups attached to an aromatic ring is 1. The van der Waals surface area contributed by atoms with Crippen molar-refractivity contribution in [2.75, 3.05) is 12.3 Å². The predicted octanol–water partition coefficient (Wildman–Crippen LogP) is 1.99. The maximum atomic E-state index is 13.4. The number of carbonyl (C=O) groups excluding carboxylic acids is 1. The molecule has 5 N–H and O–H groups in total. The molecule has 3 atom stereocenters. The van der Waals surface area contributed by atoms with Crippen molar-refractivity contribution in [3.05, 3.63) is 16.7 Å². The van der Waals surface area contributed by atoms with Crippen molar-refractivity contribution in [3.8, 4) is 0 Å². The second-order valence-corrected chi connectivity index (χ2v) is 8.63. The van der Waals surface area contributed by atoms with Gasteiger partial charge in [-0.15, -0.1) is 0 Å². The van der Waals surface area contributed by atoms with Gasteiger partial charge >= 0.3 is 0 Å². The first-order valence-electron chi connectivity index (χ1n) is 11.7. The molecule has 0 unspecified atom stereocenters. The van der Waals surface area contributed by atoms with Crippen LogP contribution in [0.4, 0.5) is 5.95 Å². The number of aromatic nitrogens is 4. The van der Waals surface area contributed by atoms with Crippen molar-refractivity contribution in [1.82, 2.24) is 19.5 Å². The lowest BCUT2D eigenvalue weighted by atomic mass is 9.96. The quantitative estimate of drug-likeness (QED) is 0.338. The zero-order valence-electron chi connectivity index (χ0n) is 18.8. The van der Waals surface area contributed by atoms with Crippen LogP contribution >= 0.6 is 0 Å². The Morgan fingerprint density at radius 3 is 2.53 bits per heavy atom. The molecule has 1 fully saturated rings. The van der Waals surface area contributed by atoms with Crippen LogP contribution in [-0.4, -0.2) is 54.3 Å². The molecule has 0 saturated carbocycles. The first kappa shape index (κ1) is 24.3. The molecule has 3 rings (SSSR count). The van der Waals surface area contributed by atoms with Crippen LogP contribution in [0.3, 0.4) is 0 Å². The second-order valence-electron chi connectivity index (χ2n) is 8.63. The summed E-state index contributed by atoms with van der Waals surface area (Å²) in [5.41, 5.74) is 3.72. The lowest BCUT2D eigenvalue weighted by Crippen LogP contribution is -2.42. The first-order valence-corrected chi connectivity index (χ1v) is 11.7. The monoisotopic (exact) mass is 449 g/mol. The van der Waals surface area contributed by atoms with E-state index in [0.29, 0.717) is 6.42 Å². The van der Waals surface area contributed by atoms with E-state index in [1.165, 1.54) is 43.0 Å². The molecule has 0 spiro atoms. The van der Waals surface area contributed by atoms with Gasteiger partial charge in [0.2, 0.25) is 11.7 Å². The van der Waals surface area contributed by atoms with Gasteiger partial charge in [-0.3, -0.25) is 19.1 Å². The lowest BCUT2D eigenvalue weighted by molar-refractivity contribution is -0.160. The standard InChI is InChI=1S/C22H35N5O5/c1-2-3-4-5-6-7-8-9-10-11-17(30)22(12-15(29)16(13-28)32-22)27-14-24-18-19(27)25-21(23)26-20(18)31/h14-16,28-29H,2-13H2,1H3,(H3,23,25,26,31)/t15-,16+,22-/m0/s1. The number of carbonyl (C=O) groups is 1. The maximum absolute atomic E-state index is 13.4. The van der Waals surface area contributed by atoms with Gasteiger partial charge in [0, 0.05) is 12.8 Å². The van der Waals surface area contributed by atoms with Crippen LogP contribution in [0, 0.1) is 0 Å². The Morgan fingerprint density at radius 2 is 1.91 bits per heavy atom. The Morgan fingerprint density at radius 1 is 1.25 bits per heavy atom. The van der Waals surface area contributed by atoms with E-state index in [4.69, 9.17) is 10.5 Å². The highest BCUT2D eigenvalue weighted by molar-refractivity contribution is 5.87. The van der Waals surface area contributed by atoms with Crippen molar-refractivity contribution < 1.29 is 19.7 Å². The third-order valence-corrected chi connectivity index (χ3v) is 6.20. The second kappa shape index (κ2) is 11.0. The van der Waals surface area contributed by atoms with Gasteiger partial charge in [0.15, 0.2) is 16.9 Å². The number of nitrogens with one attached hydrogen (secondary N) is 1. The molecule has 1 aliphatic rings. The summed E-state index contributed by atoms with van der Waals surface area (Å²) < 4.78 is 7.30. The minimum atomic E-state index is -1.59. The van der Waals surface area contributed by atoms with Gasteiger partial charge in [-0.05, 0) is 6.42 Å². The smallest absolute Gasteiger partial charge is 0.280 e. The number of fused-ring (bicyclic) bond motifs is 1. The number of ether oxygens (including phenoxy) is 1. The molecule has 10 nitrogen and oxygen atoms in total. The molecule has 32 heavy (non-hydrogen) atoms. The molecule has 2 aromatic rings. The number of anilines is 1. The Hall–Kier alpha value is -2.30. The molecular formula is C22H35N5O5. The third kappa shape index (κ3) is 5.19. The highest BCUT2D eigenvalue weighted by Crippen LogP contribution is 2.39. The molecule has 0 bridgehead atoms. The lowest BCUT2D eigenvalue weighted by Gasteiger charge is -2.29. The molecule has 3 heterocycles. The van der Waals surface area contributed by atoms with Crippen molar-refractivity contribution >= 4 is 22.9 Å². The SMILES string of the molecule is CCCCCCCCCCCC(=O)[C@]1(n2cnc3c(=O)[nH]c(N)nc32)C[C@H](O)[C@@H](CO)O1. The fourth-order valence-electron chi connectivity index (χ4n) is 4.40. The largest absolute Gasteiger partial charge is 0.394 e. The maximum Gasteiger partial charge on any atom is 0.280 e. The van der Waals surface area contributed by atoms with Crippen molar-refractivity contribution in [2.45, 2.75) is 95.5 Å². The number of imidazole rings is 1. The highest BCUT2D eigenvalue weighted by Gasteiger charge is 2.52. The molecule has 1 saturated heterocycles. The number of rotatable bonds is 13. The number of Topliss-reactive ketones (excluding diaryl/α,β-unsaturated/α-hetero) is 1. The number of unbranched alkanes of at least 4 members (excludes halogenated alkanes) is 8. The zero-order valence-corrected chi connectivity index (χ0v) is 18.8. The van der Waals surface area contributed by atoms with Crippen LogP contribution in [0.15, 0.2) is 11.1 Å². The minimum Gasteiger partial charge on any atom is -0.394 e. The number of H-pyrrole nitrogens is 1. The van der Waals surface area contributed by atoms with Crippen LogP contribution in [0.5, 0.6) is 0 Å². The van der Waals surface area contributed by atoms with Crippen LogP contribution in [0.2, 0.25) is 0 Å². The summed E-state index contributed by atoms with van der Waals surface area (Å²) in [7, 11) is 0. The molecule has 1 aliphatic heterocycles.